The van der Waals surface area contributed by atoms with E-state index >= 15 is 0 Å². The molecule has 1 aromatic carbocycles. The summed E-state index contributed by atoms with van der Waals surface area (Å²) in [5.41, 5.74) is 3.16. The van der Waals surface area contributed by atoms with Crippen LogP contribution < -0.4 is 0 Å². The van der Waals surface area contributed by atoms with Gasteiger partial charge in [-0.15, -0.1) is 0 Å². The van der Waals surface area contributed by atoms with Crippen LogP contribution in [0.15, 0.2) is 24.3 Å². The maximum Gasteiger partial charge on any atom is 0.105 e. The average Bonchev–Trinajstić information content (AvgIpc) is 2.78. The van der Waals surface area contributed by atoms with Gasteiger partial charge in [-0.05, 0) is 12.8 Å². The van der Waals surface area contributed by atoms with Crippen molar-refractivity contribution < 1.29 is 4.48 Å². The average molecular weight is 274 g/mol. The normalized spacial score (nSPS) is 16.3. The molecule has 0 saturated heterocycles. The van der Waals surface area contributed by atoms with Crippen LogP contribution in [-0.2, 0) is 13.1 Å². The van der Waals surface area contributed by atoms with Gasteiger partial charge in [0, 0.05) is 11.1 Å². The zero-order valence-electron chi connectivity index (χ0n) is 13.5. The second-order valence-electron chi connectivity index (χ2n) is 6.90. The van der Waals surface area contributed by atoms with Crippen molar-refractivity contribution in [2.75, 3.05) is 13.6 Å². The van der Waals surface area contributed by atoms with Crippen LogP contribution in [0.1, 0.15) is 69.4 Å². The Morgan fingerprint density at radius 1 is 0.800 bits per heavy atom. The molecular formula is C19H32N+. The SMILES string of the molecule is CCCCCCCCCC[N+]1(C)Cc2ccccc2C1. The smallest absolute Gasteiger partial charge is 0.105 e. The van der Waals surface area contributed by atoms with E-state index in [1.54, 1.807) is 11.1 Å². The van der Waals surface area contributed by atoms with Crippen LogP contribution in [0.4, 0.5) is 0 Å². The van der Waals surface area contributed by atoms with Crippen molar-refractivity contribution in [3.63, 3.8) is 0 Å². The van der Waals surface area contributed by atoms with Gasteiger partial charge in [-0.2, -0.15) is 0 Å². The Kier molecular flexibility index (Phi) is 6.09. The lowest BCUT2D eigenvalue weighted by Crippen LogP contribution is -2.38. The summed E-state index contributed by atoms with van der Waals surface area (Å²) in [6.45, 7) is 6.13. The van der Waals surface area contributed by atoms with Gasteiger partial charge in [0.15, 0.2) is 0 Å². The lowest BCUT2D eigenvalue weighted by atomic mass is 10.1. The Morgan fingerprint density at radius 2 is 1.30 bits per heavy atom. The van der Waals surface area contributed by atoms with Crippen molar-refractivity contribution in [2.24, 2.45) is 0 Å². The third-order valence-electron chi connectivity index (χ3n) is 4.77. The summed E-state index contributed by atoms with van der Waals surface area (Å²) < 4.78 is 1.23. The van der Waals surface area contributed by atoms with Crippen molar-refractivity contribution in [2.45, 2.75) is 71.4 Å². The van der Waals surface area contributed by atoms with Crippen LogP contribution in [0.2, 0.25) is 0 Å². The highest BCUT2D eigenvalue weighted by atomic mass is 15.3. The largest absolute Gasteiger partial charge is 0.319 e. The maximum atomic E-state index is 2.43. The van der Waals surface area contributed by atoms with E-state index in [9.17, 15) is 0 Å². The van der Waals surface area contributed by atoms with Gasteiger partial charge >= 0.3 is 0 Å². The fourth-order valence-electron chi connectivity index (χ4n) is 3.53. The number of rotatable bonds is 9. The summed E-state index contributed by atoms with van der Waals surface area (Å²) in [6.07, 6.45) is 11.4. The maximum absolute atomic E-state index is 2.43. The Balaban J connectivity index is 1.59. The molecule has 1 aliphatic heterocycles. The third kappa shape index (κ3) is 4.63. The molecule has 112 valence electrons. The van der Waals surface area contributed by atoms with Crippen molar-refractivity contribution >= 4 is 0 Å². The minimum atomic E-state index is 1.23. The van der Waals surface area contributed by atoms with Crippen LogP contribution in [0.5, 0.6) is 0 Å². The number of quaternary nitrogens is 1. The predicted octanol–water partition coefficient (Wildman–Crippen LogP) is 5.29. The summed E-state index contributed by atoms with van der Waals surface area (Å²) in [4.78, 5) is 0. The molecular weight excluding hydrogens is 242 g/mol. The first-order valence-corrected chi connectivity index (χ1v) is 8.64. The molecule has 1 nitrogen and oxygen atoms in total. The van der Waals surface area contributed by atoms with E-state index in [2.05, 4.69) is 38.2 Å². The van der Waals surface area contributed by atoms with E-state index in [1.165, 1.54) is 75.5 Å². The monoisotopic (exact) mass is 274 g/mol. The van der Waals surface area contributed by atoms with E-state index < -0.39 is 0 Å². The molecule has 0 fully saturated rings. The van der Waals surface area contributed by atoms with Crippen LogP contribution in [0.3, 0.4) is 0 Å². The minimum absolute atomic E-state index is 1.23. The van der Waals surface area contributed by atoms with Gasteiger partial charge in [-0.1, -0.05) is 69.7 Å². The molecule has 0 bridgehead atoms. The van der Waals surface area contributed by atoms with E-state index in [4.69, 9.17) is 0 Å². The van der Waals surface area contributed by atoms with Gasteiger partial charge < -0.3 is 4.48 Å². The Labute approximate surface area is 125 Å². The lowest BCUT2D eigenvalue weighted by Gasteiger charge is -2.29. The highest BCUT2D eigenvalue weighted by Gasteiger charge is 2.30. The summed E-state index contributed by atoms with van der Waals surface area (Å²) >= 11 is 0. The molecule has 1 heteroatoms. The van der Waals surface area contributed by atoms with E-state index in [1.807, 2.05) is 0 Å². The number of hydrogen-bond acceptors (Lipinski definition) is 0. The first-order chi connectivity index (χ1) is 9.73. The molecule has 0 spiro atoms. The summed E-state index contributed by atoms with van der Waals surface area (Å²) in [6, 6.07) is 8.99. The number of fused-ring (bicyclic) bond motifs is 1. The van der Waals surface area contributed by atoms with E-state index in [0.29, 0.717) is 0 Å². The van der Waals surface area contributed by atoms with Gasteiger partial charge in [-0.25, -0.2) is 0 Å². The van der Waals surface area contributed by atoms with Crippen molar-refractivity contribution in [3.05, 3.63) is 35.4 Å². The zero-order valence-corrected chi connectivity index (χ0v) is 13.5. The predicted molar refractivity (Wildman–Crippen MR) is 87.5 cm³/mol. The summed E-state index contributed by atoms with van der Waals surface area (Å²) in [5.74, 6) is 0. The highest BCUT2D eigenvalue weighted by Crippen LogP contribution is 2.28. The second kappa shape index (κ2) is 7.83. The minimum Gasteiger partial charge on any atom is -0.319 e. The van der Waals surface area contributed by atoms with Crippen LogP contribution in [0, 0.1) is 0 Å². The number of benzene rings is 1. The Morgan fingerprint density at radius 3 is 1.85 bits per heavy atom. The fraction of sp³-hybridized carbons (Fsp3) is 0.684. The first kappa shape index (κ1) is 15.6. The topological polar surface area (TPSA) is 0 Å². The van der Waals surface area contributed by atoms with Crippen LogP contribution >= 0.6 is 0 Å². The van der Waals surface area contributed by atoms with Gasteiger partial charge in [-0.3, -0.25) is 0 Å². The first-order valence-electron chi connectivity index (χ1n) is 8.64. The molecule has 0 unspecified atom stereocenters. The molecule has 0 aromatic heterocycles. The molecule has 0 aliphatic carbocycles. The molecule has 1 heterocycles. The second-order valence-corrected chi connectivity index (χ2v) is 6.90. The van der Waals surface area contributed by atoms with E-state index in [0.717, 1.165) is 0 Å². The number of hydrogen-bond donors (Lipinski definition) is 0. The molecule has 0 atom stereocenters. The third-order valence-corrected chi connectivity index (χ3v) is 4.77. The number of unbranched alkanes of at least 4 members (excludes halogenated alkanes) is 7. The highest BCUT2D eigenvalue weighted by molar-refractivity contribution is 5.27. The summed E-state index contributed by atoms with van der Waals surface area (Å²) in [7, 11) is 2.43. The van der Waals surface area contributed by atoms with Crippen LogP contribution in [0.25, 0.3) is 0 Å². The standard InChI is InChI=1S/C19H32N/c1-3-4-5-6-7-8-9-12-15-20(2)16-18-13-10-11-14-19(18)17-20/h10-11,13-14H,3-9,12,15-17H2,1-2H3/q+1. The van der Waals surface area contributed by atoms with Gasteiger partial charge in [0.1, 0.15) is 13.1 Å². The molecule has 0 amide bonds. The molecule has 2 rings (SSSR count). The molecule has 1 aliphatic rings. The van der Waals surface area contributed by atoms with Gasteiger partial charge in [0.25, 0.3) is 0 Å². The Hall–Kier alpha value is -0.820. The molecule has 1 aromatic rings. The fourth-order valence-corrected chi connectivity index (χ4v) is 3.53. The van der Waals surface area contributed by atoms with Crippen molar-refractivity contribution in [1.29, 1.82) is 0 Å². The lowest BCUT2D eigenvalue weighted by molar-refractivity contribution is -0.929. The summed E-state index contributed by atoms with van der Waals surface area (Å²) in [5, 5.41) is 0. The Bertz CT molecular complexity index is 372. The van der Waals surface area contributed by atoms with E-state index in [-0.39, 0.29) is 0 Å². The van der Waals surface area contributed by atoms with Crippen LogP contribution in [-0.4, -0.2) is 18.1 Å². The molecule has 20 heavy (non-hydrogen) atoms. The van der Waals surface area contributed by atoms with Gasteiger partial charge in [0.05, 0.1) is 13.6 Å². The molecule has 0 radical (unpaired) electrons. The number of nitrogens with zero attached hydrogens (tertiary/aromatic N) is 1. The molecule has 0 saturated carbocycles. The zero-order chi connectivity index (χ0) is 14.3. The quantitative estimate of drug-likeness (QED) is 0.424. The van der Waals surface area contributed by atoms with Gasteiger partial charge in [0.2, 0.25) is 0 Å². The van der Waals surface area contributed by atoms with Crippen molar-refractivity contribution in [1.82, 2.24) is 0 Å². The molecule has 0 N–H and O–H groups in total. The van der Waals surface area contributed by atoms with Crippen molar-refractivity contribution in [3.8, 4) is 0 Å².